The SMILES string of the molecule is O=C(Nc1nc2c(s1)CCCC2C(=O)N1CCN(CCc2ccccc2)CC1)c1ccc(Cl)cc1. The van der Waals surface area contributed by atoms with Crippen LogP contribution in [0.2, 0.25) is 5.02 Å². The van der Waals surface area contributed by atoms with Gasteiger partial charge in [-0.05, 0) is 55.5 Å². The second-order valence-electron chi connectivity index (χ2n) is 9.14. The third kappa shape index (κ3) is 5.74. The van der Waals surface area contributed by atoms with Crippen LogP contribution in [0.1, 0.15) is 45.3 Å². The monoisotopic (exact) mass is 508 g/mol. The summed E-state index contributed by atoms with van der Waals surface area (Å²) in [5.74, 6) is -0.260. The summed E-state index contributed by atoms with van der Waals surface area (Å²) in [4.78, 5) is 36.3. The van der Waals surface area contributed by atoms with Gasteiger partial charge in [-0.2, -0.15) is 0 Å². The van der Waals surface area contributed by atoms with Crippen LogP contribution in [0.5, 0.6) is 0 Å². The zero-order valence-corrected chi connectivity index (χ0v) is 21.2. The smallest absolute Gasteiger partial charge is 0.257 e. The molecule has 0 saturated carbocycles. The molecule has 6 nitrogen and oxygen atoms in total. The molecule has 1 aromatic heterocycles. The van der Waals surface area contributed by atoms with Crippen LogP contribution in [0.3, 0.4) is 0 Å². The Morgan fingerprint density at radius 2 is 1.77 bits per heavy atom. The number of aromatic nitrogens is 1. The Kier molecular flexibility index (Phi) is 7.46. The highest BCUT2D eigenvalue weighted by Gasteiger charge is 2.34. The molecule has 35 heavy (non-hydrogen) atoms. The molecule has 0 bridgehead atoms. The lowest BCUT2D eigenvalue weighted by Gasteiger charge is -2.37. The van der Waals surface area contributed by atoms with Crippen molar-refractivity contribution in [3.05, 3.63) is 81.3 Å². The lowest BCUT2D eigenvalue weighted by atomic mass is 9.89. The third-order valence-corrected chi connectivity index (χ3v) is 8.12. The molecule has 2 aromatic carbocycles. The van der Waals surface area contributed by atoms with Gasteiger partial charge in [0.1, 0.15) is 0 Å². The number of nitrogens with zero attached hydrogens (tertiary/aromatic N) is 3. The Labute approximate surface area is 214 Å². The van der Waals surface area contributed by atoms with Crippen molar-refractivity contribution in [3.63, 3.8) is 0 Å². The van der Waals surface area contributed by atoms with Gasteiger partial charge in [-0.25, -0.2) is 4.98 Å². The third-order valence-electron chi connectivity index (χ3n) is 6.82. The minimum absolute atomic E-state index is 0.175. The molecule has 1 N–H and O–H groups in total. The fraction of sp³-hybridized carbons (Fsp3) is 0.370. The molecule has 0 spiro atoms. The van der Waals surface area contributed by atoms with E-state index in [0.717, 1.165) is 69.0 Å². The number of aryl methyl sites for hydroxylation is 1. The van der Waals surface area contributed by atoms with Crippen LogP contribution in [0.4, 0.5) is 5.13 Å². The first-order valence-corrected chi connectivity index (χ1v) is 13.4. The van der Waals surface area contributed by atoms with Crippen molar-refractivity contribution in [2.24, 2.45) is 0 Å². The summed E-state index contributed by atoms with van der Waals surface area (Å²) in [7, 11) is 0. The van der Waals surface area contributed by atoms with E-state index < -0.39 is 0 Å². The van der Waals surface area contributed by atoms with Crippen molar-refractivity contribution in [2.75, 3.05) is 38.0 Å². The van der Waals surface area contributed by atoms with Gasteiger partial charge in [-0.1, -0.05) is 41.9 Å². The zero-order valence-electron chi connectivity index (χ0n) is 19.6. The van der Waals surface area contributed by atoms with Crippen molar-refractivity contribution in [3.8, 4) is 0 Å². The Hall–Kier alpha value is -2.74. The highest BCUT2D eigenvalue weighted by molar-refractivity contribution is 7.16. The molecule has 1 fully saturated rings. The maximum absolute atomic E-state index is 13.5. The van der Waals surface area contributed by atoms with Crippen LogP contribution in [0.25, 0.3) is 0 Å². The normalized spacial score (nSPS) is 18.2. The molecule has 1 saturated heterocycles. The standard InChI is InChI=1S/C27H29ClN4O2S/c28-21-11-9-20(10-12-21)25(33)30-27-29-24-22(7-4-8-23(24)35-27)26(34)32-17-15-31(16-18-32)14-13-19-5-2-1-3-6-19/h1-3,5-6,9-12,22H,4,7-8,13-18H2,(H,29,30,33). The van der Waals surface area contributed by atoms with Crippen LogP contribution in [0, 0.1) is 0 Å². The molecule has 5 rings (SSSR count). The minimum Gasteiger partial charge on any atom is -0.340 e. The summed E-state index contributed by atoms with van der Waals surface area (Å²) in [5, 5.41) is 4.04. The molecule has 2 aliphatic rings. The van der Waals surface area contributed by atoms with E-state index in [-0.39, 0.29) is 17.7 Å². The summed E-state index contributed by atoms with van der Waals surface area (Å²) in [6.45, 7) is 4.32. The quantitative estimate of drug-likeness (QED) is 0.516. The van der Waals surface area contributed by atoms with E-state index in [2.05, 4.69) is 34.5 Å². The zero-order chi connectivity index (χ0) is 24.2. The van der Waals surface area contributed by atoms with Gasteiger partial charge in [0.15, 0.2) is 5.13 Å². The molecular formula is C27H29ClN4O2S. The number of halogens is 1. The fourth-order valence-corrected chi connectivity index (χ4v) is 6.01. The van der Waals surface area contributed by atoms with Gasteiger partial charge in [-0.3, -0.25) is 19.8 Å². The molecule has 182 valence electrons. The van der Waals surface area contributed by atoms with Crippen molar-refractivity contribution in [2.45, 2.75) is 31.6 Å². The largest absolute Gasteiger partial charge is 0.340 e. The average Bonchev–Trinajstić information content (AvgIpc) is 3.31. The molecule has 3 aromatic rings. The fourth-order valence-electron chi connectivity index (χ4n) is 4.83. The lowest BCUT2D eigenvalue weighted by molar-refractivity contribution is -0.135. The molecule has 1 aliphatic carbocycles. The van der Waals surface area contributed by atoms with E-state index >= 15 is 0 Å². The number of piperazine rings is 1. The molecule has 1 atom stereocenters. The number of hydrogen-bond donors (Lipinski definition) is 1. The van der Waals surface area contributed by atoms with Crippen LogP contribution in [-0.4, -0.2) is 59.3 Å². The summed E-state index contributed by atoms with van der Waals surface area (Å²) >= 11 is 7.41. The van der Waals surface area contributed by atoms with E-state index in [1.165, 1.54) is 16.9 Å². The number of hydrogen-bond acceptors (Lipinski definition) is 5. The number of nitrogens with one attached hydrogen (secondary N) is 1. The summed E-state index contributed by atoms with van der Waals surface area (Å²) in [6.07, 6.45) is 3.71. The molecule has 8 heteroatoms. The number of anilines is 1. The minimum atomic E-state index is -0.220. The van der Waals surface area contributed by atoms with Gasteiger partial charge in [-0.15, -0.1) is 11.3 Å². The maximum Gasteiger partial charge on any atom is 0.257 e. The van der Waals surface area contributed by atoms with Crippen molar-refractivity contribution in [1.29, 1.82) is 0 Å². The second-order valence-corrected chi connectivity index (χ2v) is 10.7. The molecule has 2 heterocycles. The van der Waals surface area contributed by atoms with Crippen molar-refractivity contribution in [1.82, 2.24) is 14.8 Å². The molecule has 2 amide bonds. The van der Waals surface area contributed by atoms with E-state index in [9.17, 15) is 9.59 Å². The predicted molar refractivity (Wildman–Crippen MR) is 140 cm³/mol. The lowest BCUT2D eigenvalue weighted by Crippen LogP contribution is -2.50. The molecule has 0 radical (unpaired) electrons. The summed E-state index contributed by atoms with van der Waals surface area (Å²) in [5.41, 5.74) is 2.73. The van der Waals surface area contributed by atoms with E-state index in [4.69, 9.17) is 16.6 Å². The number of benzene rings is 2. The summed E-state index contributed by atoms with van der Waals surface area (Å²) < 4.78 is 0. The number of rotatable bonds is 6. The Bertz CT molecular complexity index is 1170. The van der Waals surface area contributed by atoms with Gasteiger partial charge in [0.25, 0.3) is 5.91 Å². The number of carbonyl (C=O) groups excluding carboxylic acids is 2. The molecular weight excluding hydrogens is 480 g/mol. The molecule has 1 unspecified atom stereocenters. The Balaban J connectivity index is 1.18. The average molecular weight is 509 g/mol. The number of fused-ring (bicyclic) bond motifs is 1. The van der Waals surface area contributed by atoms with Crippen LogP contribution < -0.4 is 5.32 Å². The van der Waals surface area contributed by atoms with E-state index in [1.54, 1.807) is 24.3 Å². The van der Waals surface area contributed by atoms with Gasteiger partial charge >= 0.3 is 0 Å². The topological polar surface area (TPSA) is 65.5 Å². The van der Waals surface area contributed by atoms with Gasteiger partial charge < -0.3 is 4.90 Å². The number of amides is 2. The highest BCUT2D eigenvalue weighted by atomic mass is 35.5. The highest BCUT2D eigenvalue weighted by Crippen LogP contribution is 2.38. The van der Waals surface area contributed by atoms with Crippen LogP contribution >= 0.6 is 22.9 Å². The number of thiazole rings is 1. The maximum atomic E-state index is 13.5. The van der Waals surface area contributed by atoms with Gasteiger partial charge in [0.05, 0.1) is 11.6 Å². The first-order chi connectivity index (χ1) is 17.1. The first kappa shape index (κ1) is 24.0. The van der Waals surface area contributed by atoms with Crippen molar-refractivity contribution < 1.29 is 9.59 Å². The number of carbonyl (C=O) groups is 2. The second kappa shape index (κ2) is 10.9. The summed E-state index contributed by atoms with van der Waals surface area (Å²) in [6, 6.07) is 17.3. The van der Waals surface area contributed by atoms with Crippen LogP contribution in [0.15, 0.2) is 54.6 Å². The Morgan fingerprint density at radius 1 is 1.03 bits per heavy atom. The predicted octanol–water partition coefficient (Wildman–Crippen LogP) is 4.86. The van der Waals surface area contributed by atoms with E-state index in [1.807, 2.05) is 11.0 Å². The first-order valence-electron chi connectivity index (χ1n) is 12.2. The Morgan fingerprint density at radius 3 is 2.51 bits per heavy atom. The van der Waals surface area contributed by atoms with Crippen molar-refractivity contribution >= 4 is 39.9 Å². The van der Waals surface area contributed by atoms with E-state index in [0.29, 0.717) is 15.7 Å². The van der Waals surface area contributed by atoms with Crippen LogP contribution in [-0.2, 0) is 17.6 Å². The molecule has 1 aliphatic heterocycles. The van der Waals surface area contributed by atoms with Gasteiger partial charge in [0.2, 0.25) is 5.91 Å². The van der Waals surface area contributed by atoms with Gasteiger partial charge in [0, 0.05) is 48.2 Å².